The first-order chi connectivity index (χ1) is 10.7. The molecule has 0 spiro atoms. The molecule has 1 aliphatic rings. The number of hydrogen-bond acceptors (Lipinski definition) is 6. The summed E-state index contributed by atoms with van der Waals surface area (Å²) < 4.78 is -0.306. The van der Waals surface area contributed by atoms with Crippen LogP contribution in [0.25, 0.3) is 0 Å². The third-order valence-electron chi connectivity index (χ3n) is 3.76. The molecule has 0 aromatic carbocycles. The summed E-state index contributed by atoms with van der Waals surface area (Å²) in [7, 11) is 0. The molecule has 0 atom stereocenters. The second kappa shape index (κ2) is 6.21. The molecule has 7 nitrogen and oxygen atoms in total. The van der Waals surface area contributed by atoms with Gasteiger partial charge in [0.2, 0.25) is 16.5 Å². The molecule has 0 aliphatic carbocycles. The normalized spacial score (nSPS) is 22.2. The zero-order valence-corrected chi connectivity index (χ0v) is 16.6. The molecule has 24 heavy (non-hydrogen) atoms. The number of hydroxylamine groups is 3. The van der Waals surface area contributed by atoms with Gasteiger partial charge in [0.1, 0.15) is 6.54 Å². The van der Waals surface area contributed by atoms with Gasteiger partial charge in [-0.2, -0.15) is 15.0 Å². The lowest BCUT2D eigenvalue weighted by atomic mass is 9.89. The summed E-state index contributed by atoms with van der Waals surface area (Å²) in [5.74, 6) is 0.269. The van der Waals surface area contributed by atoms with Crippen LogP contribution in [0.1, 0.15) is 41.5 Å². The molecule has 1 aliphatic heterocycles. The predicted octanol–water partition coefficient (Wildman–Crippen LogP) is 2.84. The predicted molar refractivity (Wildman–Crippen MR) is 97.1 cm³/mol. The minimum Gasteiger partial charge on any atom is -0.633 e. The Kier molecular flexibility index (Phi) is 5.07. The van der Waals surface area contributed by atoms with Crippen molar-refractivity contribution in [3.8, 4) is 0 Å². The van der Waals surface area contributed by atoms with E-state index in [0.29, 0.717) is 19.6 Å². The van der Waals surface area contributed by atoms with Crippen LogP contribution in [-0.2, 0) is 0 Å². The van der Waals surface area contributed by atoms with Gasteiger partial charge in [-0.1, -0.05) is 0 Å². The molecular formula is C15H26Cl2N6O. The topological polar surface area (TPSA) is 85.8 Å². The van der Waals surface area contributed by atoms with Gasteiger partial charge in [-0.3, -0.25) is 5.32 Å². The van der Waals surface area contributed by atoms with E-state index in [2.05, 4.69) is 53.3 Å². The van der Waals surface area contributed by atoms with Crippen molar-refractivity contribution >= 4 is 29.2 Å². The van der Waals surface area contributed by atoms with Crippen molar-refractivity contribution in [2.75, 3.05) is 25.0 Å². The number of nitrogens with one attached hydrogen (secondary N) is 2. The number of quaternary nitrogens is 1. The van der Waals surface area contributed by atoms with Crippen molar-refractivity contribution < 1.29 is 4.65 Å². The Balaban J connectivity index is 2.17. The molecule has 136 valence electrons. The van der Waals surface area contributed by atoms with Crippen LogP contribution in [0.4, 0.5) is 5.95 Å². The van der Waals surface area contributed by atoms with Gasteiger partial charge in [-0.15, -0.1) is 0 Å². The molecule has 0 radical (unpaired) electrons. The molecule has 0 unspecified atom stereocenters. The maximum Gasteiger partial charge on any atom is 0.228 e. The Hall–Kier alpha value is -0.730. The SMILES string of the molecule is CC(C)(C[N+]1([O-])CC(C)(C)NC(C)(C)C1)Nc1nc(Cl)nc(Cl)n1. The van der Waals surface area contributed by atoms with Crippen LogP contribution in [0.3, 0.4) is 0 Å². The molecule has 2 N–H and O–H groups in total. The van der Waals surface area contributed by atoms with Gasteiger partial charge in [0.05, 0.1) is 29.7 Å². The Bertz CT molecular complexity index is 584. The van der Waals surface area contributed by atoms with Crippen LogP contribution in [-0.4, -0.2) is 55.8 Å². The van der Waals surface area contributed by atoms with Gasteiger partial charge in [0, 0.05) is 0 Å². The molecule has 1 fully saturated rings. The van der Waals surface area contributed by atoms with Crippen molar-refractivity contribution in [2.45, 2.75) is 58.2 Å². The maximum atomic E-state index is 13.4. The Morgan fingerprint density at radius 1 is 1.08 bits per heavy atom. The molecule has 0 amide bonds. The number of rotatable bonds is 4. The Morgan fingerprint density at radius 3 is 2.00 bits per heavy atom. The van der Waals surface area contributed by atoms with Gasteiger partial charge in [-0.25, -0.2) is 0 Å². The summed E-state index contributed by atoms with van der Waals surface area (Å²) in [4.78, 5) is 11.8. The highest BCUT2D eigenvalue weighted by Crippen LogP contribution is 2.29. The van der Waals surface area contributed by atoms with E-state index < -0.39 is 5.54 Å². The highest BCUT2D eigenvalue weighted by Gasteiger charge is 2.45. The van der Waals surface area contributed by atoms with Gasteiger partial charge < -0.3 is 15.2 Å². The van der Waals surface area contributed by atoms with Crippen molar-refractivity contribution in [3.63, 3.8) is 0 Å². The highest BCUT2D eigenvalue weighted by molar-refractivity contribution is 6.31. The van der Waals surface area contributed by atoms with Gasteiger partial charge in [0.25, 0.3) is 0 Å². The van der Waals surface area contributed by atoms with Crippen molar-refractivity contribution in [1.82, 2.24) is 20.3 Å². The fraction of sp³-hybridized carbons (Fsp3) is 0.800. The van der Waals surface area contributed by atoms with E-state index in [-0.39, 0.29) is 32.2 Å². The molecule has 2 rings (SSSR count). The molecule has 1 aromatic heterocycles. The molecule has 1 saturated heterocycles. The summed E-state index contributed by atoms with van der Waals surface area (Å²) in [5, 5.41) is 20.2. The van der Waals surface area contributed by atoms with Crippen molar-refractivity contribution in [2.24, 2.45) is 0 Å². The van der Waals surface area contributed by atoms with Crippen LogP contribution in [0.15, 0.2) is 0 Å². The van der Waals surface area contributed by atoms with E-state index in [0.717, 1.165) is 0 Å². The number of nitrogens with zero attached hydrogens (tertiary/aromatic N) is 4. The van der Waals surface area contributed by atoms with Crippen LogP contribution in [0, 0.1) is 5.21 Å². The number of aromatic nitrogens is 3. The molecule has 2 heterocycles. The lowest BCUT2D eigenvalue weighted by molar-refractivity contribution is -0.896. The van der Waals surface area contributed by atoms with E-state index >= 15 is 0 Å². The lowest BCUT2D eigenvalue weighted by Crippen LogP contribution is -2.74. The largest absolute Gasteiger partial charge is 0.633 e. The Morgan fingerprint density at radius 2 is 1.54 bits per heavy atom. The van der Waals surface area contributed by atoms with Crippen LogP contribution in [0.5, 0.6) is 0 Å². The number of piperazine rings is 1. The third-order valence-corrected chi connectivity index (χ3v) is 4.10. The second-order valence-corrected chi connectivity index (χ2v) is 9.31. The average Bonchev–Trinajstić information content (AvgIpc) is 2.17. The quantitative estimate of drug-likeness (QED) is 0.620. The van der Waals surface area contributed by atoms with E-state index in [9.17, 15) is 5.21 Å². The fourth-order valence-corrected chi connectivity index (χ4v) is 4.41. The Labute approximate surface area is 153 Å². The average molecular weight is 377 g/mol. The van der Waals surface area contributed by atoms with Gasteiger partial charge in [0.15, 0.2) is 0 Å². The highest BCUT2D eigenvalue weighted by atomic mass is 35.5. The van der Waals surface area contributed by atoms with E-state index in [4.69, 9.17) is 23.2 Å². The van der Waals surface area contributed by atoms with Crippen LogP contribution in [0.2, 0.25) is 10.6 Å². The molecule has 0 saturated carbocycles. The number of halogens is 2. The number of anilines is 1. The van der Waals surface area contributed by atoms with Gasteiger partial charge in [-0.05, 0) is 64.7 Å². The summed E-state index contributed by atoms with van der Waals surface area (Å²) in [6, 6.07) is 0. The first-order valence-corrected chi connectivity index (χ1v) is 8.67. The second-order valence-electron chi connectivity index (χ2n) is 8.63. The summed E-state index contributed by atoms with van der Waals surface area (Å²) in [5.41, 5.74) is -1.02. The summed E-state index contributed by atoms with van der Waals surface area (Å²) >= 11 is 11.6. The van der Waals surface area contributed by atoms with Crippen molar-refractivity contribution in [1.29, 1.82) is 0 Å². The van der Waals surface area contributed by atoms with Crippen LogP contribution < -0.4 is 10.6 Å². The standard InChI is InChI=1S/C15H26Cl2N6O/c1-13(2,21-12-19-10(16)18-11(17)20-12)7-23(24)8-14(3,4)22-15(5,6)9-23/h22H,7-9H2,1-6H3,(H,18,19,20,21). The summed E-state index contributed by atoms with van der Waals surface area (Å²) in [6.45, 7) is 13.5. The van der Waals surface area contributed by atoms with E-state index in [1.165, 1.54) is 0 Å². The lowest BCUT2D eigenvalue weighted by Gasteiger charge is -2.58. The molecular weight excluding hydrogens is 351 g/mol. The van der Waals surface area contributed by atoms with Gasteiger partial charge >= 0.3 is 0 Å². The molecule has 9 heteroatoms. The van der Waals surface area contributed by atoms with E-state index in [1.54, 1.807) is 0 Å². The first kappa shape index (κ1) is 19.6. The number of hydrogen-bond donors (Lipinski definition) is 2. The van der Waals surface area contributed by atoms with Crippen LogP contribution >= 0.6 is 23.2 Å². The summed E-state index contributed by atoms with van der Waals surface area (Å²) in [6.07, 6.45) is 0. The first-order valence-electron chi connectivity index (χ1n) is 7.91. The third kappa shape index (κ3) is 5.39. The monoisotopic (exact) mass is 376 g/mol. The zero-order valence-electron chi connectivity index (χ0n) is 15.1. The molecule has 1 aromatic rings. The van der Waals surface area contributed by atoms with E-state index in [1.807, 2.05) is 13.8 Å². The smallest absolute Gasteiger partial charge is 0.228 e. The fourth-order valence-electron chi connectivity index (χ4n) is 4.05. The minimum absolute atomic E-state index is 0.0174. The minimum atomic E-state index is -0.542. The zero-order chi connectivity index (χ0) is 18.4. The van der Waals surface area contributed by atoms with Crippen molar-refractivity contribution in [3.05, 3.63) is 15.8 Å². The molecule has 0 bridgehead atoms. The maximum absolute atomic E-state index is 13.4.